The van der Waals surface area contributed by atoms with Gasteiger partial charge in [-0.05, 0) is 36.0 Å². The third kappa shape index (κ3) is 2.06. The fourth-order valence-corrected chi connectivity index (χ4v) is 2.73. The summed E-state index contributed by atoms with van der Waals surface area (Å²) in [6.07, 6.45) is 3.73. The fraction of sp³-hybridized carbons (Fsp3) is 0.600. The highest BCUT2D eigenvalue weighted by atomic mass is 16.5. The van der Waals surface area contributed by atoms with Gasteiger partial charge >= 0.3 is 0 Å². The largest absolute Gasteiger partial charge is 0.496 e. The normalized spacial score (nSPS) is 17.9. The van der Waals surface area contributed by atoms with E-state index in [-0.39, 0.29) is 5.41 Å². The highest BCUT2D eigenvalue weighted by molar-refractivity contribution is 5.43. The van der Waals surface area contributed by atoms with E-state index in [1.807, 2.05) is 0 Å². The van der Waals surface area contributed by atoms with Gasteiger partial charge in [-0.3, -0.25) is 0 Å². The van der Waals surface area contributed by atoms with Gasteiger partial charge in [0, 0.05) is 12.0 Å². The number of nitrogens with two attached hydrogens (primary N) is 1. The lowest BCUT2D eigenvalue weighted by Gasteiger charge is -2.41. The maximum Gasteiger partial charge on any atom is 0.122 e. The first kappa shape index (κ1) is 12.4. The molecule has 0 radical (unpaired) electrons. The molecule has 0 saturated heterocycles. The molecule has 0 aliphatic heterocycles. The van der Waals surface area contributed by atoms with Gasteiger partial charge in [0.25, 0.3) is 0 Å². The average Bonchev–Trinajstić information content (AvgIpc) is 2.28. The number of ether oxygens (including phenoxy) is 1. The summed E-state index contributed by atoms with van der Waals surface area (Å²) < 4.78 is 5.51. The van der Waals surface area contributed by atoms with Gasteiger partial charge in [-0.2, -0.15) is 0 Å². The lowest BCUT2D eigenvalue weighted by atomic mass is 9.64. The van der Waals surface area contributed by atoms with Crippen molar-refractivity contribution in [2.45, 2.75) is 44.4 Å². The maximum atomic E-state index is 5.95. The molecule has 94 valence electrons. The number of benzene rings is 1. The van der Waals surface area contributed by atoms with Crippen LogP contribution in [0.4, 0.5) is 0 Å². The highest BCUT2D eigenvalue weighted by Gasteiger charge is 2.37. The predicted octanol–water partition coefficient (Wildman–Crippen LogP) is 3.20. The zero-order valence-electron chi connectivity index (χ0n) is 11.1. The molecular formula is C15H23NO. The van der Waals surface area contributed by atoms with Crippen LogP contribution < -0.4 is 10.5 Å². The van der Waals surface area contributed by atoms with Gasteiger partial charge in [0.1, 0.15) is 5.75 Å². The summed E-state index contributed by atoms with van der Waals surface area (Å²) in [7, 11) is 1.75. The Balaban J connectivity index is 2.37. The summed E-state index contributed by atoms with van der Waals surface area (Å²) in [6, 6.07) is 6.64. The lowest BCUT2D eigenvalue weighted by molar-refractivity contribution is 0.252. The van der Waals surface area contributed by atoms with Crippen LogP contribution in [0.1, 0.15) is 50.2 Å². The molecule has 2 nitrogen and oxygen atoms in total. The Hall–Kier alpha value is -1.02. The molecule has 1 aromatic carbocycles. The first-order chi connectivity index (χ1) is 8.13. The molecule has 0 bridgehead atoms. The average molecular weight is 233 g/mol. The summed E-state index contributed by atoms with van der Waals surface area (Å²) in [5.41, 5.74) is 8.81. The minimum absolute atomic E-state index is 0.225. The van der Waals surface area contributed by atoms with Crippen LogP contribution in [0.25, 0.3) is 0 Å². The van der Waals surface area contributed by atoms with E-state index >= 15 is 0 Å². The number of methoxy groups -OCH3 is 1. The zero-order valence-corrected chi connectivity index (χ0v) is 11.1. The van der Waals surface area contributed by atoms with Crippen LogP contribution in [0.3, 0.4) is 0 Å². The topological polar surface area (TPSA) is 35.2 Å². The standard InChI is InChI=1S/C15H23NO/c1-11(2)13-6-5-12(9-14(13)17-3)15(10-16)7-4-8-15/h5-6,9,11H,4,7-8,10,16H2,1-3H3. The Bertz CT molecular complexity index is 388. The van der Waals surface area contributed by atoms with E-state index < -0.39 is 0 Å². The monoisotopic (exact) mass is 233 g/mol. The quantitative estimate of drug-likeness (QED) is 0.866. The van der Waals surface area contributed by atoms with E-state index in [9.17, 15) is 0 Å². The second-order valence-electron chi connectivity index (χ2n) is 5.45. The molecule has 1 aliphatic carbocycles. The molecule has 1 fully saturated rings. The molecule has 0 spiro atoms. The number of rotatable bonds is 4. The molecule has 0 heterocycles. The third-order valence-electron chi connectivity index (χ3n) is 4.17. The van der Waals surface area contributed by atoms with Gasteiger partial charge in [-0.25, -0.2) is 0 Å². The molecule has 1 aromatic rings. The van der Waals surface area contributed by atoms with Crippen molar-refractivity contribution in [1.29, 1.82) is 0 Å². The van der Waals surface area contributed by atoms with Crippen LogP contribution in [0.2, 0.25) is 0 Å². The molecule has 0 unspecified atom stereocenters. The summed E-state index contributed by atoms with van der Waals surface area (Å²) in [5, 5.41) is 0. The van der Waals surface area contributed by atoms with E-state index in [4.69, 9.17) is 10.5 Å². The van der Waals surface area contributed by atoms with Crippen LogP contribution in [0.15, 0.2) is 18.2 Å². The van der Waals surface area contributed by atoms with E-state index in [0.29, 0.717) is 5.92 Å². The van der Waals surface area contributed by atoms with Crippen molar-refractivity contribution in [2.75, 3.05) is 13.7 Å². The van der Waals surface area contributed by atoms with Crippen LogP contribution in [-0.4, -0.2) is 13.7 Å². The van der Waals surface area contributed by atoms with E-state index in [1.54, 1.807) is 7.11 Å². The fourth-order valence-electron chi connectivity index (χ4n) is 2.73. The zero-order chi connectivity index (χ0) is 12.5. The maximum absolute atomic E-state index is 5.95. The first-order valence-corrected chi connectivity index (χ1v) is 6.51. The Morgan fingerprint density at radius 3 is 2.47 bits per heavy atom. The minimum Gasteiger partial charge on any atom is -0.496 e. The molecule has 2 rings (SSSR count). The Morgan fingerprint density at radius 1 is 1.35 bits per heavy atom. The summed E-state index contributed by atoms with van der Waals surface area (Å²) >= 11 is 0. The second-order valence-corrected chi connectivity index (χ2v) is 5.45. The Morgan fingerprint density at radius 2 is 2.06 bits per heavy atom. The molecule has 2 heteroatoms. The Kier molecular flexibility index (Phi) is 3.43. The van der Waals surface area contributed by atoms with E-state index in [1.165, 1.54) is 30.4 Å². The molecule has 2 N–H and O–H groups in total. The molecule has 0 aromatic heterocycles. The van der Waals surface area contributed by atoms with Crippen LogP contribution in [-0.2, 0) is 5.41 Å². The lowest BCUT2D eigenvalue weighted by Crippen LogP contribution is -2.41. The Labute approximate surface area is 104 Å². The van der Waals surface area contributed by atoms with Gasteiger partial charge in [0.05, 0.1) is 7.11 Å². The molecule has 0 amide bonds. The number of hydrogen-bond acceptors (Lipinski definition) is 2. The van der Waals surface area contributed by atoms with E-state index in [0.717, 1.165) is 12.3 Å². The molecular weight excluding hydrogens is 210 g/mol. The summed E-state index contributed by atoms with van der Waals surface area (Å²) in [4.78, 5) is 0. The van der Waals surface area contributed by atoms with Crippen LogP contribution in [0, 0.1) is 0 Å². The van der Waals surface area contributed by atoms with Gasteiger partial charge in [-0.1, -0.05) is 32.4 Å². The van der Waals surface area contributed by atoms with Crippen LogP contribution >= 0.6 is 0 Å². The van der Waals surface area contributed by atoms with Crippen molar-refractivity contribution < 1.29 is 4.74 Å². The van der Waals surface area contributed by atoms with Crippen molar-refractivity contribution in [3.05, 3.63) is 29.3 Å². The predicted molar refractivity (Wildman–Crippen MR) is 71.7 cm³/mol. The van der Waals surface area contributed by atoms with Gasteiger partial charge in [0.2, 0.25) is 0 Å². The van der Waals surface area contributed by atoms with Crippen molar-refractivity contribution >= 4 is 0 Å². The second kappa shape index (κ2) is 4.69. The number of hydrogen-bond donors (Lipinski definition) is 1. The smallest absolute Gasteiger partial charge is 0.122 e. The summed E-state index contributed by atoms with van der Waals surface area (Å²) in [5.74, 6) is 1.51. The molecule has 1 saturated carbocycles. The highest BCUT2D eigenvalue weighted by Crippen LogP contribution is 2.44. The van der Waals surface area contributed by atoms with Gasteiger partial charge in [0.15, 0.2) is 0 Å². The molecule has 17 heavy (non-hydrogen) atoms. The summed E-state index contributed by atoms with van der Waals surface area (Å²) in [6.45, 7) is 5.14. The van der Waals surface area contributed by atoms with Crippen molar-refractivity contribution in [1.82, 2.24) is 0 Å². The van der Waals surface area contributed by atoms with Gasteiger partial charge < -0.3 is 10.5 Å². The first-order valence-electron chi connectivity index (χ1n) is 6.51. The van der Waals surface area contributed by atoms with Gasteiger partial charge in [-0.15, -0.1) is 0 Å². The van der Waals surface area contributed by atoms with Crippen molar-refractivity contribution in [2.24, 2.45) is 5.73 Å². The third-order valence-corrected chi connectivity index (χ3v) is 4.17. The molecule has 0 atom stereocenters. The van der Waals surface area contributed by atoms with Crippen molar-refractivity contribution in [3.8, 4) is 5.75 Å². The SMILES string of the molecule is COc1cc(C2(CN)CCC2)ccc1C(C)C. The molecule has 1 aliphatic rings. The minimum atomic E-state index is 0.225. The van der Waals surface area contributed by atoms with E-state index in [2.05, 4.69) is 32.0 Å². The van der Waals surface area contributed by atoms with Crippen LogP contribution in [0.5, 0.6) is 5.75 Å². The van der Waals surface area contributed by atoms with Crippen molar-refractivity contribution in [3.63, 3.8) is 0 Å².